The average molecular weight is 352 g/mol. The summed E-state index contributed by atoms with van der Waals surface area (Å²) in [6.45, 7) is 11.7. The summed E-state index contributed by atoms with van der Waals surface area (Å²) in [6.07, 6.45) is 0. The van der Waals surface area contributed by atoms with E-state index in [1.54, 1.807) is 29.2 Å². The highest BCUT2D eigenvalue weighted by Gasteiger charge is 2.15. The molecule has 1 N–H and O–H groups in total. The summed E-state index contributed by atoms with van der Waals surface area (Å²) in [5.41, 5.74) is 3.18. The summed E-state index contributed by atoms with van der Waals surface area (Å²) >= 11 is 0. The van der Waals surface area contributed by atoms with Crippen molar-refractivity contribution in [3.63, 3.8) is 0 Å². The van der Waals surface area contributed by atoms with Gasteiger partial charge < -0.3 is 10.2 Å². The Balaban J connectivity index is 2.07. The Morgan fingerprint density at radius 1 is 0.846 bits per heavy atom. The minimum Gasteiger partial charge on any atom is -0.339 e. The van der Waals surface area contributed by atoms with E-state index >= 15 is 0 Å². The predicted octanol–water partition coefficient (Wildman–Crippen LogP) is 4.72. The first kappa shape index (κ1) is 19.7. The third-order valence-electron chi connectivity index (χ3n) is 4.45. The Labute approximate surface area is 156 Å². The number of rotatable bonds is 5. The first-order chi connectivity index (χ1) is 12.3. The normalized spacial score (nSPS) is 11.1. The Bertz CT molecular complexity index is 752. The third-order valence-corrected chi connectivity index (χ3v) is 4.45. The van der Waals surface area contributed by atoms with E-state index in [2.05, 4.69) is 26.1 Å². The van der Waals surface area contributed by atoms with Crippen LogP contribution in [0.5, 0.6) is 0 Å². The molecule has 2 rings (SSSR count). The van der Waals surface area contributed by atoms with Crippen LogP contribution in [0.25, 0.3) is 0 Å². The van der Waals surface area contributed by atoms with Gasteiger partial charge >= 0.3 is 0 Å². The van der Waals surface area contributed by atoms with E-state index in [1.165, 1.54) is 5.56 Å². The fraction of sp³-hybridized carbons (Fsp3) is 0.364. The fourth-order valence-corrected chi connectivity index (χ4v) is 2.71. The smallest absolute Gasteiger partial charge is 0.255 e. The maximum absolute atomic E-state index is 12.4. The van der Waals surface area contributed by atoms with Gasteiger partial charge in [-0.2, -0.15) is 0 Å². The second kappa shape index (κ2) is 8.17. The number of nitrogens with one attached hydrogen (secondary N) is 1. The molecule has 2 aromatic rings. The van der Waals surface area contributed by atoms with Crippen molar-refractivity contribution in [2.75, 3.05) is 18.4 Å². The van der Waals surface area contributed by atoms with Crippen LogP contribution in [0.4, 0.5) is 5.69 Å². The second-order valence-corrected chi connectivity index (χ2v) is 7.34. The molecule has 0 atom stereocenters. The van der Waals surface area contributed by atoms with Crippen LogP contribution < -0.4 is 5.32 Å². The second-order valence-electron chi connectivity index (χ2n) is 7.34. The molecule has 0 saturated carbocycles. The highest BCUT2D eigenvalue weighted by molar-refractivity contribution is 6.05. The minimum absolute atomic E-state index is 0.0141. The van der Waals surface area contributed by atoms with Gasteiger partial charge in [-0.3, -0.25) is 9.59 Å². The van der Waals surface area contributed by atoms with Crippen molar-refractivity contribution in [3.05, 3.63) is 65.2 Å². The van der Waals surface area contributed by atoms with Crippen LogP contribution in [0, 0.1) is 0 Å². The van der Waals surface area contributed by atoms with Crippen LogP contribution in [0.2, 0.25) is 0 Å². The number of benzene rings is 2. The van der Waals surface area contributed by atoms with E-state index in [-0.39, 0.29) is 17.2 Å². The van der Waals surface area contributed by atoms with E-state index < -0.39 is 0 Å². The molecule has 0 spiro atoms. The van der Waals surface area contributed by atoms with Crippen LogP contribution in [0.15, 0.2) is 48.5 Å². The van der Waals surface area contributed by atoms with Crippen LogP contribution in [0.3, 0.4) is 0 Å². The maximum Gasteiger partial charge on any atom is 0.255 e. The Morgan fingerprint density at radius 2 is 1.35 bits per heavy atom. The van der Waals surface area contributed by atoms with Gasteiger partial charge in [-0.1, -0.05) is 32.9 Å². The van der Waals surface area contributed by atoms with Gasteiger partial charge in [-0.25, -0.2) is 0 Å². The molecule has 0 aromatic heterocycles. The minimum atomic E-state index is -0.185. The number of carbonyl (C=O) groups is 2. The zero-order valence-corrected chi connectivity index (χ0v) is 16.3. The van der Waals surface area contributed by atoms with Gasteiger partial charge in [0.2, 0.25) is 0 Å². The highest BCUT2D eigenvalue weighted by Crippen LogP contribution is 2.23. The zero-order chi connectivity index (χ0) is 19.3. The molecular formula is C22H28N2O2. The van der Waals surface area contributed by atoms with Gasteiger partial charge in [-0.15, -0.1) is 0 Å². The van der Waals surface area contributed by atoms with E-state index in [1.807, 2.05) is 38.1 Å². The summed E-state index contributed by atoms with van der Waals surface area (Å²) in [5.74, 6) is -0.199. The van der Waals surface area contributed by atoms with Gasteiger partial charge in [-0.05, 0) is 61.2 Å². The molecule has 0 aliphatic rings. The van der Waals surface area contributed by atoms with E-state index in [9.17, 15) is 9.59 Å². The molecule has 2 amide bonds. The standard InChI is InChI=1S/C22H28N2O2/c1-6-24(7-2)21(26)17-10-8-16(9-11-17)20(25)23-19-14-12-18(13-15-19)22(3,4)5/h8-15H,6-7H2,1-5H3,(H,23,25). The van der Waals surface area contributed by atoms with Crippen molar-refractivity contribution in [2.24, 2.45) is 0 Å². The Hall–Kier alpha value is -2.62. The lowest BCUT2D eigenvalue weighted by molar-refractivity contribution is 0.0772. The number of hydrogen-bond donors (Lipinski definition) is 1. The molecule has 0 heterocycles. The first-order valence-electron chi connectivity index (χ1n) is 9.07. The molecule has 0 unspecified atom stereocenters. The van der Waals surface area contributed by atoms with Crippen molar-refractivity contribution in [3.8, 4) is 0 Å². The molecule has 0 aliphatic heterocycles. The highest BCUT2D eigenvalue weighted by atomic mass is 16.2. The quantitative estimate of drug-likeness (QED) is 0.846. The lowest BCUT2D eigenvalue weighted by Gasteiger charge is -2.19. The van der Waals surface area contributed by atoms with Gasteiger partial charge in [0.15, 0.2) is 0 Å². The summed E-state index contributed by atoms with van der Waals surface area (Å²) < 4.78 is 0. The van der Waals surface area contributed by atoms with Crippen LogP contribution >= 0.6 is 0 Å². The fourth-order valence-electron chi connectivity index (χ4n) is 2.71. The predicted molar refractivity (Wildman–Crippen MR) is 107 cm³/mol. The molecule has 4 heteroatoms. The Morgan fingerprint density at radius 3 is 1.81 bits per heavy atom. The largest absolute Gasteiger partial charge is 0.339 e. The molecule has 26 heavy (non-hydrogen) atoms. The molecule has 4 nitrogen and oxygen atoms in total. The molecule has 0 aliphatic carbocycles. The summed E-state index contributed by atoms with van der Waals surface area (Å²) in [5, 5.41) is 2.90. The van der Waals surface area contributed by atoms with Crippen LogP contribution in [-0.4, -0.2) is 29.8 Å². The lowest BCUT2D eigenvalue weighted by Crippen LogP contribution is -2.30. The van der Waals surface area contributed by atoms with Crippen molar-refractivity contribution in [2.45, 2.75) is 40.0 Å². The van der Waals surface area contributed by atoms with Crippen molar-refractivity contribution in [1.29, 1.82) is 0 Å². The molecule has 138 valence electrons. The molecule has 0 bridgehead atoms. The lowest BCUT2D eigenvalue weighted by atomic mass is 9.87. The number of nitrogens with zero attached hydrogens (tertiary/aromatic N) is 1. The SMILES string of the molecule is CCN(CC)C(=O)c1ccc(C(=O)Nc2ccc(C(C)(C)C)cc2)cc1. The number of carbonyl (C=O) groups excluding carboxylic acids is 2. The van der Waals surface area contributed by atoms with Crippen molar-refractivity contribution >= 4 is 17.5 Å². The van der Waals surface area contributed by atoms with Crippen LogP contribution in [-0.2, 0) is 5.41 Å². The Kier molecular flexibility index (Phi) is 6.19. The van der Waals surface area contributed by atoms with Gasteiger partial charge in [0.1, 0.15) is 0 Å². The topological polar surface area (TPSA) is 49.4 Å². The number of amides is 2. The van der Waals surface area contributed by atoms with Crippen molar-refractivity contribution < 1.29 is 9.59 Å². The zero-order valence-electron chi connectivity index (χ0n) is 16.3. The third kappa shape index (κ3) is 4.72. The summed E-state index contributed by atoms with van der Waals surface area (Å²) in [7, 11) is 0. The van der Waals surface area contributed by atoms with Crippen LogP contribution in [0.1, 0.15) is 60.9 Å². The molecule has 0 radical (unpaired) electrons. The maximum atomic E-state index is 12.4. The van der Waals surface area contributed by atoms with Gasteiger partial charge in [0.25, 0.3) is 11.8 Å². The molecule has 0 saturated heterocycles. The van der Waals surface area contributed by atoms with Crippen molar-refractivity contribution in [1.82, 2.24) is 4.90 Å². The number of hydrogen-bond acceptors (Lipinski definition) is 2. The van der Waals surface area contributed by atoms with E-state index in [0.717, 1.165) is 5.69 Å². The average Bonchev–Trinajstić information content (AvgIpc) is 2.62. The van der Waals surface area contributed by atoms with Gasteiger partial charge in [0, 0.05) is 29.9 Å². The van der Waals surface area contributed by atoms with E-state index in [4.69, 9.17) is 0 Å². The summed E-state index contributed by atoms with van der Waals surface area (Å²) in [4.78, 5) is 26.5. The van der Waals surface area contributed by atoms with Gasteiger partial charge in [0.05, 0.1) is 0 Å². The summed E-state index contributed by atoms with van der Waals surface area (Å²) in [6, 6.07) is 14.7. The molecule has 0 fully saturated rings. The molecule has 2 aromatic carbocycles. The van der Waals surface area contributed by atoms with E-state index in [0.29, 0.717) is 24.2 Å². The monoisotopic (exact) mass is 352 g/mol. The number of anilines is 1. The molecular weight excluding hydrogens is 324 g/mol. The first-order valence-corrected chi connectivity index (χ1v) is 9.07.